The summed E-state index contributed by atoms with van der Waals surface area (Å²) in [6.45, 7) is 4.62. The van der Waals surface area contributed by atoms with Crippen molar-refractivity contribution in [3.63, 3.8) is 0 Å². The molecule has 2 aromatic heterocycles. The molecule has 0 aliphatic rings. The van der Waals surface area contributed by atoms with Crippen molar-refractivity contribution in [1.82, 2.24) is 15.3 Å². The van der Waals surface area contributed by atoms with Crippen LogP contribution >= 0.6 is 15.9 Å². The molecule has 6 heteroatoms. The number of hydrogen-bond acceptors (Lipinski definition) is 4. The van der Waals surface area contributed by atoms with Crippen LogP contribution in [0.1, 0.15) is 29.8 Å². The molecule has 1 aromatic carbocycles. The minimum atomic E-state index is -0.229. The van der Waals surface area contributed by atoms with Crippen LogP contribution in [0.2, 0.25) is 0 Å². The number of hydrogen-bond donors (Lipinski definition) is 1. The van der Waals surface area contributed by atoms with Crippen molar-refractivity contribution in [3.05, 3.63) is 82.7 Å². The maximum absolute atomic E-state index is 12.7. The first kappa shape index (κ1) is 19.0. The largest absolute Gasteiger partial charge is 0.438 e. The van der Waals surface area contributed by atoms with Gasteiger partial charge in [-0.2, -0.15) is 0 Å². The highest BCUT2D eigenvalue weighted by Crippen LogP contribution is 2.25. The highest BCUT2D eigenvalue weighted by molar-refractivity contribution is 9.10. The zero-order valence-corrected chi connectivity index (χ0v) is 16.7. The molecule has 0 aliphatic carbocycles. The van der Waals surface area contributed by atoms with E-state index in [9.17, 15) is 4.79 Å². The first-order valence-corrected chi connectivity index (χ1v) is 9.32. The van der Waals surface area contributed by atoms with Gasteiger partial charge >= 0.3 is 0 Å². The van der Waals surface area contributed by atoms with E-state index in [1.54, 1.807) is 30.7 Å². The summed E-state index contributed by atoms with van der Waals surface area (Å²) in [6, 6.07) is 14.7. The number of ether oxygens (including phenoxy) is 1. The molecule has 5 nitrogen and oxygen atoms in total. The Morgan fingerprint density at radius 2 is 1.78 bits per heavy atom. The monoisotopic (exact) mass is 425 g/mol. The molecule has 0 aliphatic heterocycles. The average molecular weight is 426 g/mol. The van der Waals surface area contributed by atoms with Gasteiger partial charge in [-0.3, -0.25) is 9.78 Å². The Kier molecular flexibility index (Phi) is 5.86. The van der Waals surface area contributed by atoms with Gasteiger partial charge in [-0.15, -0.1) is 0 Å². The normalized spacial score (nSPS) is 11.1. The van der Waals surface area contributed by atoms with E-state index in [-0.39, 0.29) is 17.2 Å². The second-order valence-corrected chi connectivity index (χ2v) is 7.63. The van der Waals surface area contributed by atoms with Gasteiger partial charge in [-0.25, -0.2) is 4.98 Å². The fourth-order valence-electron chi connectivity index (χ4n) is 2.56. The number of halogens is 1. The van der Waals surface area contributed by atoms with Crippen LogP contribution in [0, 0.1) is 0 Å². The fourth-order valence-corrected chi connectivity index (χ4v) is 2.83. The van der Waals surface area contributed by atoms with Crippen molar-refractivity contribution in [1.29, 1.82) is 0 Å². The van der Waals surface area contributed by atoms with E-state index in [0.29, 0.717) is 17.9 Å². The van der Waals surface area contributed by atoms with E-state index in [1.807, 2.05) is 36.4 Å². The smallest absolute Gasteiger partial charge is 0.256 e. The lowest BCUT2D eigenvalue weighted by atomic mass is 9.85. The molecule has 0 saturated heterocycles. The molecule has 0 atom stereocenters. The highest BCUT2D eigenvalue weighted by atomic mass is 79.9. The third kappa shape index (κ3) is 4.92. The van der Waals surface area contributed by atoms with Gasteiger partial charge in [0, 0.05) is 35.0 Å². The van der Waals surface area contributed by atoms with Crippen molar-refractivity contribution in [2.75, 3.05) is 6.54 Å². The van der Waals surface area contributed by atoms with Crippen LogP contribution in [0.25, 0.3) is 0 Å². The molecule has 3 aromatic rings. The predicted octanol–water partition coefficient (Wildman–Crippen LogP) is 4.74. The third-order valence-electron chi connectivity index (χ3n) is 4.20. The van der Waals surface area contributed by atoms with Crippen LogP contribution in [0.4, 0.5) is 0 Å². The van der Waals surface area contributed by atoms with Crippen LogP contribution in [-0.2, 0) is 5.41 Å². The van der Waals surface area contributed by atoms with Gasteiger partial charge in [0.15, 0.2) is 0 Å². The molecule has 1 N–H and O–H groups in total. The number of carbonyl (C=O) groups is 1. The number of nitrogens with one attached hydrogen (secondary N) is 1. The molecule has 0 saturated carbocycles. The molecule has 0 spiro atoms. The molecule has 2 heterocycles. The summed E-state index contributed by atoms with van der Waals surface area (Å²) < 4.78 is 6.75. The van der Waals surface area contributed by atoms with E-state index in [1.165, 1.54) is 0 Å². The van der Waals surface area contributed by atoms with Crippen molar-refractivity contribution >= 4 is 21.8 Å². The van der Waals surface area contributed by atoms with Crippen molar-refractivity contribution < 1.29 is 9.53 Å². The Hall–Kier alpha value is -2.73. The molecule has 27 heavy (non-hydrogen) atoms. The minimum absolute atomic E-state index is 0.225. The number of aromatic nitrogens is 2. The first-order valence-electron chi connectivity index (χ1n) is 8.53. The first-order chi connectivity index (χ1) is 13.0. The summed E-state index contributed by atoms with van der Waals surface area (Å²) in [5.74, 6) is 0.666. The van der Waals surface area contributed by atoms with Gasteiger partial charge in [0.05, 0.1) is 0 Å². The van der Waals surface area contributed by atoms with Crippen LogP contribution in [0.5, 0.6) is 11.6 Å². The maximum Gasteiger partial charge on any atom is 0.256 e. The Morgan fingerprint density at radius 1 is 1.07 bits per heavy atom. The van der Waals surface area contributed by atoms with Gasteiger partial charge in [-0.1, -0.05) is 29.8 Å². The van der Waals surface area contributed by atoms with Gasteiger partial charge < -0.3 is 10.1 Å². The quantitative estimate of drug-likeness (QED) is 0.619. The summed E-state index contributed by atoms with van der Waals surface area (Å²) in [5, 5.41) is 2.99. The Labute approximate surface area is 167 Å². The van der Waals surface area contributed by atoms with Crippen LogP contribution < -0.4 is 10.1 Å². The number of benzene rings is 1. The summed E-state index contributed by atoms with van der Waals surface area (Å²) in [5.41, 5.74) is 1.27. The molecule has 0 bridgehead atoms. The van der Waals surface area contributed by atoms with E-state index >= 15 is 0 Å². The lowest BCUT2D eigenvalue weighted by molar-refractivity contribution is 0.0942. The average Bonchev–Trinajstić information content (AvgIpc) is 2.69. The number of rotatable bonds is 6. The molecule has 0 fully saturated rings. The zero-order chi connectivity index (χ0) is 19.3. The lowest BCUT2D eigenvalue weighted by Crippen LogP contribution is -2.36. The van der Waals surface area contributed by atoms with Gasteiger partial charge in [0.25, 0.3) is 5.91 Å². The molecule has 0 unspecified atom stereocenters. The summed E-state index contributed by atoms with van der Waals surface area (Å²) >= 11 is 3.39. The van der Waals surface area contributed by atoms with Gasteiger partial charge in [-0.05, 0) is 54.1 Å². The molecular weight excluding hydrogens is 406 g/mol. The van der Waals surface area contributed by atoms with Gasteiger partial charge in [0.2, 0.25) is 5.88 Å². The summed E-state index contributed by atoms with van der Waals surface area (Å²) in [6.07, 6.45) is 5.11. The standard InChI is InChI=1S/C21H20BrN3O2/c1-21(2,15-9-12-23-13-10-15)14-25-19(26)18-4-3-11-24-20(18)27-17-7-5-16(22)6-8-17/h3-13H,14H2,1-2H3,(H,25,26). The van der Waals surface area contributed by atoms with E-state index in [0.717, 1.165) is 10.0 Å². The van der Waals surface area contributed by atoms with Crippen LogP contribution in [0.3, 0.4) is 0 Å². The van der Waals surface area contributed by atoms with E-state index < -0.39 is 0 Å². The predicted molar refractivity (Wildman–Crippen MR) is 108 cm³/mol. The maximum atomic E-state index is 12.7. The van der Waals surface area contributed by atoms with Gasteiger partial charge in [0.1, 0.15) is 11.3 Å². The highest BCUT2D eigenvalue weighted by Gasteiger charge is 2.23. The Morgan fingerprint density at radius 3 is 2.48 bits per heavy atom. The second kappa shape index (κ2) is 8.31. The van der Waals surface area contributed by atoms with Crippen molar-refractivity contribution in [3.8, 4) is 11.6 Å². The second-order valence-electron chi connectivity index (χ2n) is 6.71. The van der Waals surface area contributed by atoms with Crippen LogP contribution in [0.15, 0.2) is 71.6 Å². The topological polar surface area (TPSA) is 64.1 Å². The minimum Gasteiger partial charge on any atom is -0.438 e. The Balaban J connectivity index is 1.72. The molecule has 0 radical (unpaired) electrons. The SMILES string of the molecule is CC(C)(CNC(=O)c1cccnc1Oc1ccc(Br)cc1)c1ccncc1. The van der Waals surface area contributed by atoms with Crippen LogP contribution in [-0.4, -0.2) is 22.4 Å². The number of nitrogens with zero attached hydrogens (tertiary/aromatic N) is 2. The lowest BCUT2D eigenvalue weighted by Gasteiger charge is -2.25. The molecule has 1 amide bonds. The molecule has 3 rings (SSSR count). The molecule has 138 valence electrons. The van der Waals surface area contributed by atoms with Crippen molar-refractivity contribution in [2.45, 2.75) is 19.3 Å². The van der Waals surface area contributed by atoms with Crippen molar-refractivity contribution in [2.24, 2.45) is 0 Å². The number of carbonyl (C=O) groups excluding carboxylic acids is 1. The zero-order valence-electron chi connectivity index (χ0n) is 15.1. The fraction of sp³-hybridized carbons (Fsp3) is 0.190. The van der Waals surface area contributed by atoms with E-state index in [2.05, 4.69) is 45.1 Å². The number of pyridine rings is 2. The summed E-state index contributed by atoms with van der Waals surface area (Å²) in [7, 11) is 0. The summed E-state index contributed by atoms with van der Waals surface area (Å²) in [4.78, 5) is 21.0. The molecular formula is C21H20BrN3O2. The number of amides is 1. The Bertz CT molecular complexity index is 912. The van der Waals surface area contributed by atoms with E-state index in [4.69, 9.17) is 4.74 Å². The third-order valence-corrected chi connectivity index (χ3v) is 4.73.